The van der Waals surface area contributed by atoms with Gasteiger partial charge in [0.2, 0.25) is 5.91 Å². The molecule has 0 saturated carbocycles. The Morgan fingerprint density at radius 3 is 2.67 bits per heavy atom. The summed E-state index contributed by atoms with van der Waals surface area (Å²) in [5, 5.41) is 5.65. The molecule has 0 aromatic carbocycles. The normalized spacial score (nSPS) is 11.1. The molecule has 30 heavy (non-hydrogen) atoms. The number of halogens is 2. The van der Waals surface area contributed by atoms with Crippen molar-refractivity contribution in [3.05, 3.63) is 65.9 Å². The second kappa shape index (κ2) is 8.81. The van der Waals surface area contributed by atoms with Crippen molar-refractivity contribution in [2.24, 2.45) is 0 Å². The first-order valence-electron chi connectivity index (χ1n) is 9.15. The Hall–Kier alpha value is -3.62. The maximum atomic E-state index is 13.8. The molecule has 3 heterocycles. The molecule has 0 aliphatic rings. The second-order valence-corrected chi connectivity index (χ2v) is 6.75. The smallest absolute Gasteiger partial charge is 0.287 e. The van der Waals surface area contributed by atoms with Gasteiger partial charge in [-0.3, -0.25) is 14.8 Å². The lowest BCUT2D eigenvalue weighted by Crippen LogP contribution is -2.11. The maximum Gasteiger partial charge on any atom is 0.287 e. The fourth-order valence-electron chi connectivity index (χ4n) is 2.66. The van der Waals surface area contributed by atoms with Gasteiger partial charge in [-0.25, -0.2) is 4.98 Å². The second-order valence-electron chi connectivity index (χ2n) is 6.75. The highest BCUT2D eigenvalue weighted by atomic mass is 19.3. The van der Waals surface area contributed by atoms with Gasteiger partial charge in [0, 0.05) is 37.5 Å². The summed E-state index contributed by atoms with van der Waals surface area (Å²) in [5.41, 5.74) is 1.64. The van der Waals surface area contributed by atoms with Gasteiger partial charge < -0.3 is 15.4 Å². The van der Waals surface area contributed by atoms with E-state index in [1.807, 2.05) is 12.1 Å². The molecular formula is C21H21F2N5O2. The number of nitrogens with zero attached hydrogens (tertiary/aromatic N) is 3. The first-order valence-corrected chi connectivity index (χ1v) is 9.15. The van der Waals surface area contributed by atoms with Gasteiger partial charge in [0.05, 0.1) is 17.6 Å². The predicted molar refractivity (Wildman–Crippen MR) is 109 cm³/mol. The van der Waals surface area contributed by atoms with E-state index in [4.69, 9.17) is 4.74 Å². The minimum atomic E-state index is -3.08. The van der Waals surface area contributed by atoms with E-state index in [-0.39, 0.29) is 18.2 Å². The highest BCUT2D eigenvalue weighted by Gasteiger charge is 2.27. The predicted octanol–water partition coefficient (Wildman–Crippen LogP) is 4.57. The van der Waals surface area contributed by atoms with Crippen molar-refractivity contribution in [1.82, 2.24) is 15.0 Å². The Balaban J connectivity index is 1.92. The van der Waals surface area contributed by atoms with Crippen LogP contribution in [0.25, 0.3) is 0 Å². The van der Waals surface area contributed by atoms with Crippen molar-refractivity contribution in [1.29, 1.82) is 0 Å². The third-order valence-electron chi connectivity index (χ3n) is 3.96. The number of rotatable bonds is 7. The number of carbonyl (C=O) groups is 1. The highest BCUT2D eigenvalue weighted by Crippen LogP contribution is 2.33. The molecule has 156 valence electrons. The van der Waals surface area contributed by atoms with Crippen LogP contribution in [-0.2, 0) is 17.3 Å². The lowest BCUT2D eigenvalue weighted by Gasteiger charge is -2.16. The number of hydrogen-bond acceptors (Lipinski definition) is 6. The van der Waals surface area contributed by atoms with Gasteiger partial charge in [0.25, 0.3) is 5.92 Å². The van der Waals surface area contributed by atoms with Crippen LogP contribution in [0.1, 0.15) is 30.9 Å². The summed E-state index contributed by atoms with van der Waals surface area (Å²) in [5.74, 6) is -2.71. The molecule has 0 radical (unpaired) electrons. The minimum absolute atomic E-state index is 0.185. The van der Waals surface area contributed by atoms with Crippen LogP contribution in [0.2, 0.25) is 0 Å². The van der Waals surface area contributed by atoms with Crippen LogP contribution in [0.5, 0.6) is 5.75 Å². The minimum Gasteiger partial charge on any atom is -0.483 e. The van der Waals surface area contributed by atoms with Crippen LogP contribution in [0.15, 0.2) is 48.8 Å². The van der Waals surface area contributed by atoms with Crippen molar-refractivity contribution in [2.45, 2.75) is 33.3 Å². The third-order valence-corrected chi connectivity index (χ3v) is 3.96. The third kappa shape index (κ3) is 5.69. The Kier molecular flexibility index (Phi) is 6.20. The van der Waals surface area contributed by atoms with Gasteiger partial charge in [0.15, 0.2) is 5.75 Å². The van der Waals surface area contributed by atoms with Crippen LogP contribution >= 0.6 is 0 Å². The Bertz CT molecular complexity index is 1040. The standard InChI is InChI=1S/C21H21F2N5O2/c1-13-8-16(9-19(26-13)21(3,22)23)28-17-10-20(27-14(2)29)25-11-18(17)30-12-15-6-4-5-7-24-15/h4-11H,12H2,1-3H3,(H2,25,26,27,28,29). The lowest BCUT2D eigenvalue weighted by molar-refractivity contribution is -0.114. The lowest BCUT2D eigenvalue weighted by atomic mass is 10.2. The van der Waals surface area contributed by atoms with E-state index in [1.165, 1.54) is 19.2 Å². The zero-order valence-corrected chi connectivity index (χ0v) is 16.7. The molecular weight excluding hydrogens is 392 g/mol. The van der Waals surface area contributed by atoms with E-state index in [2.05, 4.69) is 25.6 Å². The topological polar surface area (TPSA) is 89.0 Å². The maximum absolute atomic E-state index is 13.8. The average Bonchev–Trinajstić information content (AvgIpc) is 2.66. The summed E-state index contributed by atoms with van der Waals surface area (Å²) in [6, 6.07) is 9.93. The first kappa shape index (κ1) is 21.1. The molecule has 2 N–H and O–H groups in total. The number of carbonyl (C=O) groups excluding carboxylic acids is 1. The monoisotopic (exact) mass is 413 g/mol. The van der Waals surface area contributed by atoms with Crippen LogP contribution in [-0.4, -0.2) is 20.9 Å². The number of nitrogens with one attached hydrogen (secondary N) is 2. The Labute approximate surface area is 172 Å². The zero-order valence-electron chi connectivity index (χ0n) is 16.7. The number of aryl methyl sites for hydroxylation is 1. The van der Waals surface area contributed by atoms with E-state index in [9.17, 15) is 13.6 Å². The summed E-state index contributed by atoms with van der Waals surface area (Å²) >= 11 is 0. The molecule has 3 aromatic rings. The fourth-order valence-corrected chi connectivity index (χ4v) is 2.66. The molecule has 0 saturated heterocycles. The van der Waals surface area contributed by atoms with Crippen LogP contribution in [0.4, 0.5) is 26.0 Å². The number of hydrogen-bond donors (Lipinski definition) is 2. The summed E-state index contributed by atoms with van der Waals surface area (Å²) in [7, 11) is 0. The van der Waals surface area contributed by atoms with Gasteiger partial charge in [-0.05, 0) is 31.2 Å². The first-order chi connectivity index (χ1) is 14.2. The van der Waals surface area contributed by atoms with Crippen LogP contribution in [0.3, 0.4) is 0 Å². The van der Waals surface area contributed by atoms with E-state index >= 15 is 0 Å². The molecule has 0 atom stereocenters. The van der Waals surface area contributed by atoms with Gasteiger partial charge in [-0.2, -0.15) is 8.78 Å². The number of aromatic nitrogens is 3. The molecule has 1 amide bonds. The molecule has 0 aliphatic heterocycles. The van der Waals surface area contributed by atoms with E-state index < -0.39 is 5.92 Å². The molecule has 0 bridgehead atoms. The fraction of sp³-hybridized carbons (Fsp3) is 0.238. The molecule has 9 heteroatoms. The molecule has 7 nitrogen and oxygen atoms in total. The molecule has 0 aliphatic carbocycles. The molecule has 0 unspecified atom stereocenters. The van der Waals surface area contributed by atoms with E-state index in [1.54, 1.807) is 31.3 Å². The Morgan fingerprint density at radius 1 is 1.20 bits per heavy atom. The molecule has 3 aromatic heterocycles. The highest BCUT2D eigenvalue weighted by molar-refractivity contribution is 5.88. The number of alkyl halides is 2. The van der Waals surface area contributed by atoms with Crippen molar-refractivity contribution in [2.75, 3.05) is 10.6 Å². The Morgan fingerprint density at radius 2 is 2.00 bits per heavy atom. The molecule has 0 fully saturated rings. The van der Waals surface area contributed by atoms with Crippen LogP contribution < -0.4 is 15.4 Å². The van der Waals surface area contributed by atoms with Gasteiger partial charge in [-0.1, -0.05) is 6.07 Å². The van der Waals surface area contributed by atoms with Crippen molar-refractivity contribution in [3.63, 3.8) is 0 Å². The number of amides is 1. The van der Waals surface area contributed by atoms with Crippen LogP contribution in [0, 0.1) is 6.92 Å². The number of ether oxygens (including phenoxy) is 1. The van der Waals surface area contributed by atoms with Gasteiger partial charge in [-0.15, -0.1) is 0 Å². The summed E-state index contributed by atoms with van der Waals surface area (Å²) < 4.78 is 33.4. The zero-order chi connectivity index (χ0) is 21.7. The molecule has 3 rings (SSSR count). The van der Waals surface area contributed by atoms with E-state index in [0.717, 1.165) is 6.92 Å². The van der Waals surface area contributed by atoms with Gasteiger partial charge >= 0.3 is 0 Å². The average molecular weight is 413 g/mol. The van der Waals surface area contributed by atoms with Crippen molar-refractivity contribution in [3.8, 4) is 5.75 Å². The molecule has 0 spiro atoms. The number of pyridine rings is 3. The van der Waals surface area contributed by atoms with Crippen molar-refractivity contribution < 1.29 is 18.3 Å². The summed E-state index contributed by atoms with van der Waals surface area (Å²) in [6.07, 6.45) is 3.10. The van der Waals surface area contributed by atoms with E-state index in [0.29, 0.717) is 34.3 Å². The quantitative estimate of drug-likeness (QED) is 0.590. The van der Waals surface area contributed by atoms with Gasteiger partial charge in [0.1, 0.15) is 18.1 Å². The van der Waals surface area contributed by atoms with Crippen molar-refractivity contribution >= 4 is 23.1 Å². The SMILES string of the molecule is CC(=O)Nc1cc(Nc2cc(C)nc(C(C)(F)F)c2)c(OCc2ccccn2)cn1. The number of anilines is 3. The summed E-state index contributed by atoms with van der Waals surface area (Å²) in [4.78, 5) is 23.6. The largest absolute Gasteiger partial charge is 0.483 e. The summed E-state index contributed by atoms with van der Waals surface area (Å²) in [6.45, 7) is 3.97.